The second-order valence-corrected chi connectivity index (χ2v) is 4.29. The lowest BCUT2D eigenvalue weighted by Crippen LogP contribution is -2.27. The molecule has 1 radical (unpaired) electrons. The van der Waals surface area contributed by atoms with E-state index in [0.29, 0.717) is 9.99 Å². The second-order valence-electron chi connectivity index (χ2n) is 2.45. The van der Waals surface area contributed by atoms with E-state index >= 15 is 0 Å². The zero-order chi connectivity index (χ0) is 9.90. The third kappa shape index (κ3) is 2.29. The molecule has 0 saturated carbocycles. The molecule has 5 heteroatoms. The van der Waals surface area contributed by atoms with Gasteiger partial charge in [-0.3, -0.25) is 4.79 Å². The van der Waals surface area contributed by atoms with Gasteiger partial charge < -0.3 is 0 Å². The molecular weight excluding hydrogens is 190 g/mol. The van der Waals surface area contributed by atoms with Crippen molar-refractivity contribution in [3.63, 3.8) is 0 Å². The van der Waals surface area contributed by atoms with Crippen molar-refractivity contribution in [2.75, 3.05) is 10.6 Å². The third-order valence-electron chi connectivity index (χ3n) is 1.41. The van der Waals surface area contributed by atoms with Crippen LogP contribution in [-0.4, -0.2) is 21.1 Å². The summed E-state index contributed by atoms with van der Waals surface area (Å²) in [5.41, 5.74) is 0.292. The lowest BCUT2D eigenvalue weighted by Gasteiger charge is -2.12. The predicted molar refractivity (Wildman–Crippen MR) is 49.5 cm³/mol. The van der Waals surface area contributed by atoms with Gasteiger partial charge in [0.1, 0.15) is 0 Å². The average Bonchev–Trinajstić information content (AvgIpc) is 2.05. The molecule has 0 aliphatic carbocycles. The van der Waals surface area contributed by atoms with Gasteiger partial charge >= 0.3 is 6.41 Å². The number of carbonyl (C=O) groups excluding carboxylic acids is 1. The van der Waals surface area contributed by atoms with E-state index in [2.05, 4.69) is 0 Å². The molecule has 0 N–H and O–H groups in total. The lowest BCUT2D eigenvalue weighted by molar-refractivity contribution is 0.554. The van der Waals surface area contributed by atoms with Gasteiger partial charge in [0, 0.05) is 0 Å². The summed E-state index contributed by atoms with van der Waals surface area (Å²) in [5, 5.41) is 0. The molecule has 0 bridgehead atoms. The predicted octanol–water partition coefficient (Wildman–Crippen LogP) is 0.520. The average molecular weight is 198 g/mol. The number of benzene rings is 1. The first-order chi connectivity index (χ1) is 6.05. The van der Waals surface area contributed by atoms with Crippen molar-refractivity contribution >= 4 is 22.1 Å². The van der Waals surface area contributed by atoms with Crippen molar-refractivity contribution in [3.8, 4) is 0 Å². The van der Waals surface area contributed by atoms with Gasteiger partial charge in [0.2, 0.25) is 10.0 Å². The molecule has 13 heavy (non-hydrogen) atoms. The normalized spacial score (nSPS) is 10.8. The van der Waals surface area contributed by atoms with Crippen molar-refractivity contribution in [2.45, 2.75) is 0 Å². The van der Waals surface area contributed by atoms with E-state index in [1.807, 2.05) is 0 Å². The fourth-order valence-corrected chi connectivity index (χ4v) is 1.52. The molecule has 69 valence electrons. The van der Waals surface area contributed by atoms with Crippen LogP contribution in [0.15, 0.2) is 30.3 Å². The van der Waals surface area contributed by atoms with Crippen LogP contribution in [0.5, 0.6) is 0 Å². The van der Waals surface area contributed by atoms with E-state index in [-0.39, 0.29) is 0 Å². The quantitative estimate of drug-likeness (QED) is 0.665. The minimum atomic E-state index is -3.56. The number of amides is 1. The van der Waals surface area contributed by atoms with Crippen molar-refractivity contribution in [1.82, 2.24) is 0 Å². The molecule has 1 rings (SSSR count). The number of sulfonamides is 1. The largest absolute Gasteiger partial charge is 0.331 e. The summed E-state index contributed by atoms with van der Waals surface area (Å²) in [6, 6.07) is 8.06. The van der Waals surface area contributed by atoms with E-state index in [1.54, 1.807) is 18.2 Å². The summed E-state index contributed by atoms with van der Waals surface area (Å²) < 4.78 is 22.6. The Labute approximate surface area is 76.8 Å². The standard InChI is InChI=1S/C8H8NO3S/c1-13(11,12)9(7-10)8-5-3-2-4-6-8/h2-6H,1H3. The smallest absolute Gasteiger partial charge is 0.262 e. The lowest BCUT2D eigenvalue weighted by atomic mass is 10.3. The van der Waals surface area contributed by atoms with E-state index in [0.717, 1.165) is 6.26 Å². The Bertz CT molecular complexity index is 385. The van der Waals surface area contributed by atoms with Crippen molar-refractivity contribution < 1.29 is 13.2 Å². The summed E-state index contributed by atoms with van der Waals surface area (Å²) in [7, 11) is -3.56. The number of hydrogen-bond donors (Lipinski definition) is 0. The Kier molecular flexibility index (Phi) is 2.67. The van der Waals surface area contributed by atoms with E-state index < -0.39 is 10.0 Å². The van der Waals surface area contributed by atoms with Crippen LogP contribution in [-0.2, 0) is 14.8 Å². The maximum absolute atomic E-state index is 11.0. The molecule has 1 aromatic rings. The zero-order valence-corrected chi connectivity index (χ0v) is 7.78. The molecule has 0 unspecified atom stereocenters. The molecule has 0 aliphatic heterocycles. The van der Waals surface area contributed by atoms with Crippen molar-refractivity contribution in [2.24, 2.45) is 0 Å². The summed E-state index contributed by atoms with van der Waals surface area (Å²) >= 11 is 0. The number of nitrogens with zero attached hydrogens (tertiary/aromatic N) is 1. The van der Waals surface area contributed by atoms with E-state index in [1.165, 1.54) is 18.5 Å². The van der Waals surface area contributed by atoms with E-state index in [4.69, 9.17) is 0 Å². The van der Waals surface area contributed by atoms with Crippen molar-refractivity contribution in [3.05, 3.63) is 30.3 Å². The van der Waals surface area contributed by atoms with Crippen LogP contribution in [0, 0.1) is 0 Å². The minimum Gasteiger partial charge on any atom is -0.262 e. The zero-order valence-electron chi connectivity index (χ0n) is 6.97. The fourth-order valence-electron chi connectivity index (χ4n) is 0.875. The Morgan fingerprint density at radius 1 is 1.23 bits per heavy atom. The third-order valence-corrected chi connectivity index (χ3v) is 2.35. The molecule has 0 atom stereocenters. The molecule has 0 fully saturated rings. The number of hydrogen-bond acceptors (Lipinski definition) is 3. The van der Waals surface area contributed by atoms with Gasteiger partial charge in [-0.1, -0.05) is 18.2 Å². The van der Waals surface area contributed by atoms with Crippen LogP contribution >= 0.6 is 0 Å². The first-order valence-electron chi connectivity index (χ1n) is 3.49. The van der Waals surface area contributed by atoms with Gasteiger partial charge in [0.25, 0.3) is 0 Å². The molecule has 1 aromatic carbocycles. The SMILES string of the molecule is CS(=O)(=O)N([C]=O)c1ccccc1. The topological polar surface area (TPSA) is 54.5 Å². The van der Waals surface area contributed by atoms with Crippen LogP contribution < -0.4 is 4.31 Å². The number of anilines is 1. The highest BCUT2D eigenvalue weighted by Gasteiger charge is 2.16. The summed E-state index contributed by atoms with van der Waals surface area (Å²) in [6.07, 6.45) is 2.30. The van der Waals surface area contributed by atoms with Gasteiger partial charge in [-0.15, -0.1) is 0 Å². The molecule has 4 nitrogen and oxygen atoms in total. The highest BCUT2D eigenvalue weighted by Crippen LogP contribution is 2.13. The summed E-state index contributed by atoms with van der Waals surface area (Å²) in [5.74, 6) is 0. The molecular formula is C8H8NO3S. The van der Waals surface area contributed by atoms with Gasteiger partial charge in [-0.25, -0.2) is 8.42 Å². The van der Waals surface area contributed by atoms with Gasteiger partial charge in [0.05, 0.1) is 11.9 Å². The summed E-state index contributed by atoms with van der Waals surface area (Å²) in [4.78, 5) is 10.4. The van der Waals surface area contributed by atoms with Gasteiger partial charge in [0.15, 0.2) is 0 Å². The minimum absolute atomic E-state index is 0.292. The van der Waals surface area contributed by atoms with E-state index in [9.17, 15) is 13.2 Å². The molecule has 0 saturated heterocycles. The van der Waals surface area contributed by atoms with Crippen LogP contribution in [0.4, 0.5) is 5.69 Å². The monoisotopic (exact) mass is 198 g/mol. The van der Waals surface area contributed by atoms with Crippen LogP contribution in [0.25, 0.3) is 0 Å². The maximum atomic E-state index is 11.0. The van der Waals surface area contributed by atoms with Gasteiger partial charge in [-0.05, 0) is 12.1 Å². The van der Waals surface area contributed by atoms with Crippen molar-refractivity contribution in [1.29, 1.82) is 0 Å². The van der Waals surface area contributed by atoms with Gasteiger partial charge in [-0.2, -0.15) is 4.31 Å². The molecule has 0 spiro atoms. The Balaban J connectivity index is 3.13. The maximum Gasteiger partial charge on any atom is 0.331 e. The van der Waals surface area contributed by atoms with Crippen LogP contribution in [0.1, 0.15) is 0 Å². The van der Waals surface area contributed by atoms with Crippen LogP contribution in [0.2, 0.25) is 0 Å². The van der Waals surface area contributed by atoms with Crippen LogP contribution in [0.3, 0.4) is 0 Å². The molecule has 0 aliphatic rings. The molecule has 0 aromatic heterocycles. The number of rotatable bonds is 3. The first kappa shape index (κ1) is 9.73. The second kappa shape index (κ2) is 3.57. The molecule has 0 heterocycles. The molecule has 1 amide bonds. The fraction of sp³-hybridized carbons (Fsp3) is 0.125. The highest BCUT2D eigenvalue weighted by molar-refractivity contribution is 7.92. The highest BCUT2D eigenvalue weighted by atomic mass is 32.2. The first-order valence-corrected chi connectivity index (χ1v) is 5.33. The Hall–Kier alpha value is -1.36. The summed E-state index contributed by atoms with van der Waals surface area (Å²) in [6.45, 7) is 0. The number of para-hydroxylation sites is 1. The Morgan fingerprint density at radius 3 is 2.15 bits per heavy atom. The Morgan fingerprint density at radius 2 is 1.77 bits per heavy atom.